The Morgan fingerprint density at radius 2 is 2.35 bits per heavy atom. The Labute approximate surface area is 116 Å². The number of amides is 1. The maximum absolute atomic E-state index is 11.4. The van der Waals surface area contributed by atoms with Crippen molar-refractivity contribution in [3.05, 3.63) is 29.8 Å². The summed E-state index contributed by atoms with van der Waals surface area (Å²) in [7, 11) is 0. The molecule has 0 unspecified atom stereocenters. The molecule has 2 heterocycles. The second kappa shape index (κ2) is 4.84. The molecular weight excluding hydrogens is 256 g/mol. The molecule has 7 heteroatoms. The van der Waals surface area contributed by atoms with Gasteiger partial charge in [-0.25, -0.2) is 0 Å². The number of carbonyl (C=O) groups excluding carboxylic acids is 1. The summed E-state index contributed by atoms with van der Waals surface area (Å²) in [5, 5.41) is 14.0. The average molecular weight is 272 g/mol. The van der Waals surface area contributed by atoms with E-state index in [1.54, 1.807) is 6.33 Å². The lowest BCUT2D eigenvalue weighted by atomic mass is 10.1. The number of aromatic nitrogens is 3. The molecule has 20 heavy (non-hydrogen) atoms. The smallest absolute Gasteiger partial charge is 0.228 e. The highest BCUT2D eigenvalue weighted by molar-refractivity contribution is 6.00. The van der Waals surface area contributed by atoms with Gasteiger partial charge in [0.05, 0.1) is 24.3 Å². The molecule has 0 fully saturated rings. The molecule has 3 rings (SSSR count). The Morgan fingerprint density at radius 3 is 3.15 bits per heavy atom. The molecule has 0 saturated heterocycles. The highest BCUT2D eigenvalue weighted by atomic mass is 16.1. The maximum Gasteiger partial charge on any atom is 0.228 e. The molecule has 7 nitrogen and oxygen atoms in total. The van der Waals surface area contributed by atoms with Crippen molar-refractivity contribution in [2.24, 2.45) is 0 Å². The molecule has 2 aromatic rings. The minimum Gasteiger partial charge on any atom is -0.397 e. The summed E-state index contributed by atoms with van der Waals surface area (Å²) in [5.74, 6) is 0.846. The van der Waals surface area contributed by atoms with Gasteiger partial charge in [-0.3, -0.25) is 4.79 Å². The number of carbonyl (C=O) groups is 1. The predicted molar refractivity (Wildman–Crippen MR) is 76.2 cm³/mol. The standard InChI is InChI=1S/C13H16N6O/c1-2-19-7-16-18-12(19)6-15-11-5-10-8(3-9(11)14)4-13(20)17-10/h3,5,7,15H,2,4,6,14H2,1H3,(H,17,20). The molecule has 0 spiro atoms. The lowest BCUT2D eigenvalue weighted by Gasteiger charge is -2.11. The van der Waals surface area contributed by atoms with Crippen molar-refractivity contribution in [2.45, 2.75) is 26.4 Å². The molecule has 1 aromatic heterocycles. The van der Waals surface area contributed by atoms with E-state index in [1.165, 1.54) is 0 Å². The Balaban J connectivity index is 1.78. The number of hydrogen-bond acceptors (Lipinski definition) is 5. The van der Waals surface area contributed by atoms with Gasteiger partial charge in [-0.05, 0) is 24.6 Å². The van der Waals surface area contributed by atoms with E-state index in [2.05, 4.69) is 20.8 Å². The lowest BCUT2D eigenvalue weighted by molar-refractivity contribution is -0.115. The molecule has 0 bridgehead atoms. The van der Waals surface area contributed by atoms with Crippen molar-refractivity contribution >= 4 is 23.0 Å². The molecule has 1 aromatic carbocycles. The first-order valence-electron chi connectivity index (χ1n) is 6.50. The normalized spacial score (nSPS) is 13.2. The van der Waals surface area contributed by atoms with Gasteiger partial charge in [0.25, 0.3) is 0 Å². The third-order valence-electron chi connectivity index (χ3n) is 3.37. The van der Waals surface area contributed by atoms with E-state index in [1.807, 2.05) is 23.6 Å². The van der Waals surface area contributed by atoms with Crippen LogP contribution < -0.4 is 16.4 Å². The number of nitrogens with two attached hydrogens (primary N) is 1. The van der Waals surface area contributed by atoms with E-state index < -0.39 is 0 Å². The van der Waals surface area contributed by atoms with Gasteiger partial charge in [-0.2, -0.15) is 0 Å². The molecule has 104 valence electrons. The zero-order valence-electron chi connectivity index (χ0n) is 11.2. The summed E-state index contributed by atoms with van der Waals surface area (Å²) < 4.78 is 1.96. The van der Waals surface area contributed by atoms with Gasteiger partial charge >= 0.3 is 0 Å². The number of fused-ring (bicyclic) bond motifs is 1. The van der Waals surface area contributed by atoms with E-state index in [9.17, 15) is 4.79 Å². The maximum atomic E-state index is 11.4. The predicted octanol–water partition coefficient (Wildman–Crippen LogP) is 0.987. The molecule has 1 aliphatic rings. The van der Waals surface area contributed by atoms with Crippen LogP contribution in [0, 0.1) is 0 Å². The fourth-order valence-corrected chi connectivity index (χ4v) is 2.30. The molecule has 0 aliphatic carbocycles. The second-order valence-corrected chi connectivity index (χ2v) is 4.71. The zero-order chi connectivity index (χ0) is 14.1. The van der Waals surface area contributed by atoms with Gasteiger partial charge in [0.2, 0.25) is 5.91 Å². The molecule has 1 aliphatic heterocycles. The Hall–Kier alpha value is -2.57. The van der Waals surface area contributed by atoms with Gasteiger partial charge in [0, 0.05) is 12.2 Å². The number of nitrogens with one attached hydrogen (secondary N) is 2. The zero-order valence-corrected chi connectivity index (χ0v) is 11.2. The molecule has 1 amide bonds. The number of benzene rings is 1. The van der Waals surface area contributed by atoms with Crippen LogP contribution in [0.5, 0.6) is 0 Å². The largest absolute Gasteiger partial charge is 0.397 e. The van der Waals surface area contributed by atoms with Crippen molar-refractivity contribution in [3.63, 3.8) is 0 Å². The molecule has 0 saturated carbocycles. The van der Waals surface area contributed by atoms with Gasteiger partial charge in [0.1, 0.15) is 6.33 Å². The van der Waals surface area contributed by atoms with Crippen LogP contribution in [0.15, 0.2) is 18.5 Å². The quantitative estimate of drug-likeness (QED) is 0.721. The van der Waals surface area contributed by atoms with Gasteiger partial charge in [-0.15, -0.1) is 10.2 Å². The van der Waals surface area contributed by atoms with Crippen LogP contribution in [0.4, 0.5) is 17.1 Å². The third-order valence-corrected chi connectivity index (χ3v) is 3.37. The van der Waals surface area contributed by atoms with E-state index >= 15 is 0 Å². The van der Waals surface area contributed by atoms with Crippen molar-refractivity contribution in [3.8, 4) is 0 Å². The topological polar surface area (TPSA) is 97.9 Å². The summed E-state index contributed by atoms with van der Waals surface area (Å²) >= 11 is 0. The molecule has 0 radical (unpaired) electrons. The number of rotatable bonds is 4. The Morgan fingerprint density at radius 1 is 1.50 bits per heavy atom. The van der Waals surface area contributed by atoms with Crippen LogP contribution >= 0.6 is 0 Å². The summed E-state index contributed by atoms with van der Waals surface area (Å²) in [4.78, 5) is 11.4. The number of anilines is 3. The van der Waals surface area contributed by atoms with Crippen molar-refractivity contribution in [2.75, 3.05) is 16.4 Å². The highest BCUT2D eigenvalue weighted by Gasteiger charge is 2.19. The minimum atomic E-state index is 0.00211. The molecule has 4 N–H and O–H groups in total. The van der Waals surface area contributed by atoms with Crippen LogP contribution in [-0.2, 0) is 24.3 Å². The van der Waals surface area contributed by atoms with E-state index in [0.717, 1.165) is 29.3 Å². The average Bonchev–Trinajstić information content (AvgIpc) is 3.00. The lowest BCUT2D eigenvalue weighted by Crippen LogP contribution is -2.09. The minimum absolute atomic E-state index is 0.00211. The monoisotopic (exact) mass is 272 g/mol. The first-order valence-corrected chi connectivity index (χ1v) is 6.50. The highest BCUT2D eigenvalue weighted by Crippen LogP contribution is 2.31. The van der Waals surface area contributed by atoms with Crippen LogP contribution in [0.3, 0.4) is 0 Å². The van der Waals surface area contributed by atoms with Gasteiger partial charge < -0.3 is 20.9 Å². The van der Waals surface area contributed by atoms with Crippen LogP contribution in [-0.4, -0.2) is 20.7 Å². The number of aryl methyl sites for hydroxylation is 1. The Kier molecular flexibility index (Phi) is 3.02. The van der Waals surface area contributed by atoms with Crippen LogP contribution in [0.25, 0.3) is 0 Å². The summed E-state index contributed by atoms with van der Waals surface area (Å²) in [6.07, 6.45) is 2.09. The summed E-state index contributed by atoms with van der Waals surface area (Å²) in [6.45, 7) is 3.39. The molecular formula is C13H16N6O. The SMILES string of the molecule is CCn1cnnc1CNc1cc2c(cc1N)CC(=O)N2. The third kappa shape index (κ3) is 2.18. The number of nitrogen functional groups attached to an aromatic ring is 1. The second-order valence-electron chi connectivity index (χ2n) is 4.71. The number of hydrogen-bond donors (Lipinski definition) is 3. The van der Waals surface area contributed by atoms with Gasteiger partial charge in [0.15, 0.2) is 5.82 Å². The fraction of sp³-hybridized carbons (Fsp3) is 0.308. The fourth-order valence-electron chi connectivity index (χ4n) is 2.30. The van der Waals surface area contributed by atoms with E-state index in [0.29, 0.717) is 18.7 Å². The van der Waals surface area contributed by atoms with E-state index in [-0.39, 0.29) is 5.91 Å². The Bertz CT molecular complexity index is 663. The van der Waals surface area contributed by atoms with Crippen molar-refractivity contribution < 1.29 is 4.79 Å². The summed E-state index contributed by atoms with van der Waals surface area (Å²) in [6, 6.07) is 3.70. The first kappa shape index (κ1) is 12.5. The summed E-state index contributed by atoms with van der Waals surface area (Å²) in [5.41, 5.74) is 9.18. The van der Waals surface area contributed by atoms with Crippen molar-refractivity contribution in [1.82, 2.24) is 14.8 Å². The number of nitrogens with zero attached hydrogens (tertiary/aromatic N) is 3. The van der Waals surface area contributed by atoms with Crippen LogP contribution in [0.2, 0.25) is 0 Å². The van der Waals surface area contributed by atoms with E-state index in [4.69, 9.17) is 5.73 Å². The van der Waals surface area contributed by atoms with Crippen LogP contribution in [0.1, 0.15) is 18.3 Å². The van der Waals surface area contributed by atoms with Crippen molar-refractivity contribution in [1.29, 1.82) is 0 Å². The van der Waals surface area contributed by atoms with Gasteiger partial charge in [-0.1, -0.05) is 0 Å². The first-order chi connectivity index (χ1) is 9.67. The molecule has 0 atom stereocenters.